The van der Waals surface area contributed by atoms with Crippen LogP contribution in [0.3, 0.4) is 0 Å². The van der Waals surface area contributed by atoms with E-state index in [-0.39, 0.29) is 0 Å². The van der Waals surface area contributed by atoms with Crippen molar-refractivity contribution in [3.05, 3.63) is 29.1 Å². The molecular formula is C11H12S3. The molecule has 14 heavy (non-hydrogen) atoms. The zero-order valence-corrected chi connectivity index (χ0v) is 10.7. The summed E-state index contributed by atoms with van der Waals surface area (Å²) in [6.45, 7) is 4.47. The minimum atomic E-state index is 0.616. The molecule has 1 aromatic heterocycles. The van der Waals surface area contributed by atoms with Gasteiger partial charge in [0.2, 0.25) is 0 Å². The molecule has 0 fully saturated rings. The Balaban J connectivity index is 2.64. The van der Waals surface area contributed by atoms with Gasteiger partial charge in [0.05, 0.1) is 0 Å². The van der Waals surface area contributed by atoms with Crippen LogP contribution in [0.4, 0.5) is 0 Å². The van der Waals surface area contributed by atoms with Crippen LogP contribution in [0.1, 0.15) is 24.6 Å². The minimum Gasteiger partial charge on any atom is -0.139 e. The average Bonchev–Trinajstić information content (AvgIpc) is 2.60. The highest BCUT2D eigenvalue weighted by molar-refractivity contribution is 8.68. The molecule has 0 spiro atoms. The fraction of sp³-hybridized carbons (Fsp3) is 0.273. The Labute approximate surface area is 97.5 Å². The normalized spacial score (nSPS) is 11.4. The second-order valence-corrected chi connectivity index (χ2v) is 5.82. The molecular weight excluding hydrogens is 228 g/mol. The molecule has 1 aromatic carbocycles. The number of thiol groups is 1. The van der Waals surface area contributed by atoms with Gasteiger partial charge < -0.3 is 0 Å². The van der Waals surface area contributed by atoms with Crippen LogP contribution in [0.15, 0.2) is 29.2 Å². The van der Waals surface area contributed by atoms with Gasteiger partial charge in [-0.2, -0.15) is 0 Å². The quantitative estimate of drug-likeness (QED) is 0.571. The van der Waals surface area contributed by atoms with Crippen LogP contribution >= 0.6 is 33.8 Å². The molecule has 2 rings (SSSR count). The Morgan fingerprint density at radius 1 is 1.36 bits per heavy atom. The molecule has 0 bridgehead atoms. The SMILES string of the molecule is CC(C)c1cc2cccc(SS)c2s1. The lowest BCUT2D eigenvalue weighted by atomic mass is 10.1. The third-order valence-electron chi connectivity index (χ3n) is 2.19. The van der Waals surface area contributed by atoms with Crippen LogP contribution < -0.4 is 0 Å². The number of hydrogen-bond acceptors (Lipinski definition) is 3. The van der Waals surface area contributed by atoms with E-state index in [0.717, 1.165) is 0 Å². The second kappa shape index (κ2) is 4.17. The van der Waals surface area contributed by atoms with Crippen molar-refractivity contribution >= 4 is 43.9 Å². The first-order chi connectivity index (χ1) is 6.72. The molecule has 0 radical (unpaired) electrons. The van der Waals surface area contributed by atoms with Crippen LogP contribution in [0, 0.1) is 0 Å². The van der Waals surface area contributed by atoms with Crippen molar-refractivity contribution in [3.8, 4) is 0 Å². The zero-order valence-electron chi connectivity index (χ0n) is 8.15. The monoisotopic (exact) mass is 240 g/mol. The van der Waals surface area contributed by atoms with Crippen molar-refractivity contribution in [1.29, 1.82) is 0 Å². The molecule has 0 atom stereocenters. The van der Waals surface area contributed by atoms with Gasteiger partial charge in [-0.3, -0.25) is 0 Å². The predicted molar refractivity (Wildman–Crippen MR) is 70.8 cm³/mol. The molecule has 0 unspecified atom stereocenters. The molecule has 74 valence electrons. The van der Waals surface area contributed by atoms with Crippen molar-refractivity contribution in [1.82, 2.24) is 0 Å². The largest absolute Gasteiger partial charge is 0.139 e. The van der Waals surface area contributed by atoms with Gasteiger partial charge in [-0.25, -0.2) is 0 Å². The number of fused-ring (bicyclic) bond motifs is 1. The molecule has 0 aliphatic rings. The van der Waals surface area contributed by atoms with Gasteiger partial charge in [0.1, 0.15) is 0 Å². The van der Waals surface area contributed by atoms with Gasteiger partial charge in [0.25, 0.3) is 0 Å². The van der Waals surface area contributed by atoms with Gasteiger partial charge in [0.15, 0.2) is 0 Å². The lowest BCUT2D eigenvalue weighted by Crippen LogP contribution is -1.77. The van der Waals surface area contributed by atoms with Crippen LogP contribution in [0.25, 0.3) is 10.1 Å². The third-order valence-corrected chi connectivity index (χ3v) is 4.94. The number of thiophene rings is 1. The lowest BCUT2D eigenvalue weighted by Gasteiger charge is -1.97. The molecule has 0 saturated heterocycles. The maximum Gasteiger partial charge on any atom is 0.0490 e. The smallest absolute Gasteiger partial charge is 0.0490 e. The van der Waals surface area contributed by atoms with E-state index in [1.807, 2.05) is 11.3 Å². The molecule has 0 aliphatic heterocycles. The van der Waals surface area contributed by atoms with E-state index in [1.54, 1.807) is 0 Å². The van der Waals surface area contributed by atoms with Gasteiger partial charge in [0, 0.05) is 14.5 Å². The van der Waals surface area contributed by atoms with Crippen LogP contribution in [-0.4, -0.2) is 0 Å². The molecule has 3 heteroatoms. The summed E-state index contributed by atoms with van der Waals surface area (Å²) in [5, 5.41) is 1.35. The highest BCUT2D eigenvalue weighted by Gasteiger charge is 2.07. The summed E-state index contributed by atoms with van der Waals surface area (Å²) in [5.41, 5.74) is 0. The molecule has 1 heterocycles. The van der Waals surface area contributed by atoms with Crippen LogP contribution in [-0.2, 0) is 0 Å². The third kappa shape index (κ3) is 1.81. The van der Waals surface area contributed by atoms with Gasteiger partial charge in [-0.15, -0.1) is 23.0 Å². The average molecular weight is 240 g/mol. The van der Waals surface area contributed by atoms with E-state index >= 15 is 0 Å². The van der Waals surface area contributed by atoms with E-state index in [4.69, 9.17) is 0 Å². The molecule has 0 aliphatic carbocycles. The fourth-order valence-corrected chi connectivity index (χ4v) is 3.72. The van der Waals surface area contributed by atoms with E-state index in [9.17, 15) is 0 Å². The highest BCUT2D eigenvalue weighted by Crippen LogP contribution is 2.37. The van der Waals surface area contributed by atoms with Crippen molar-refractivity contribution < 1.29 is 0 Å². The van der Waals surface area contributed by atoms with Crippen molar-refractivity contribution in [2.75, 3.05) is 0 Å². The predicted octanol–water partition coefficient (Wildman–Crippen LogP) is 4.96. The Morgan fingerprint density at radius 3 is 2.79 bits per heavy atom. The molecule has 0 saturated carbocycles. The van der Waals surface area contributed by atoms with Crippen LogP contribution in [0.2, 0.25) is 0 Å². The second-order valence-electron chi connectivity index (χ2n) is 3.57. The van der Waals surface area contributed by atoms with E-state index in [0.29, 0.717) is 5.92 Å². The summed E-state index contributed by atoms with van der Waals surface area (Å²) in [6, 6.07) is 8.68. The number of benzene rings is 1. The molecule has 2 aromatic rings. The topological polar surface area (TPSA) is 0 Å². The van der Waals surface area contributed by atoms with E-state index < -0.39 is 0 Å². The molecule has 0 nitrogen and oxygen atoms in total. The number of hydrogen-bond donors (Lipinski definition) is 1. The lowest BCUT2D eigenvalue weighted by molar-refractivity contribution is 0.890. The Hall–Kier alpha value is -0.120. The fourth-order valence-electron chi connectivity index (χ4n) is 1.41. The number of rotatable bonds is 2. The summed E-state index contributed by atoms with van der Waals surface area (Å²) < 4.78 is 1.37. The highest BCUT2D eigenvalue weighted by atomic mass is 33.1. The summed E-state index contributed by atoms with van der Waals surface area (Å²) in [4.78, 5) is 2.72. The van der Waals surface area contributed by atoms with E-state index in [2.05, 4.69) is 49.8 Å². The van der Waals surface area contributed by atoms with Crippen LogP contribution in [0.5, 0.6) is 0 Å². The van der Waals surface area contributed by atoms with Crippen molar-refractivity contribution in [3.63, 3.8) is 0 Å². The van der Waals surface area contributed by atoms with Crippen molar-refractivity contribution in [2.45, 2.75) is 24.7 Å². The Kier molecular flexibility index (Phi) is 3.10. The Bertz CT molecular complexity index is 443. The van der Waals surface area contributed by atoms with Gasteiger partial charge in [-0.05, 0) is 23.4 Å². The van der Waals surface area contributed by atoms with Gasteiger partial charge in [-0.1, -0.05) is 36.8 Å². The first-order valence-corrected chi connectivity index (χ1v) is 7.25. The molecule has 0 amide bonds. The zero-order chi connectivity index (χ0) is 10.1. The summed E-state index contributed by atoms with van der Waals surface area (Å²) in [7, 11) is 1.53. The van der Waals surface area contributed by atoms with E-state index in [1.165, 1.54) is 30.7 Å². The van der Waals surface area contributed by atoms with Crippen molar-refractivity contribution in [2.24, 2.45) is 0 Å². The first-order valence-electron chi connectivity index (χ1n) is 4.56. The summed E-state index contributed by atoms with van der Waals surface area (Å²) in [6.07, 6.45) is 0. The minimum absolute atomic E-state index is 0.616. The standard InChI is InChI=1S/C11H12S3/c1-7(2)10-6-8-4-3-5-9(14-12)11(8)13-10/h3-7,12H,1-2H3. The van der Waals surface area contributed by atoms with Gasteiger partial charge >= 0.3 is 0 Å². The Morgan fingerprint density at radius 2 is 2.14 bits per heavy atom. The maximum atomic E-state index is 4.27. The molecule has 0 N–H and O–H groups in total. The summed E-state index contributed by atoms with van der Waals surface area (Å²) in [5.74, 6) is 0.616. The maximum absolute atomic E-state index is 4.27. The first kappa shape index (κ1) is 10.4. The summed E-state index contributed by atoms with van der Waals surface area (Å²) >= 11 is 6.16.